The van der Waals surface area contributed by atoms with E-state index in [4.69, 9.17) is 11.5 Å². The van der Waals surface area contributed by atoms with Crippen LogP contribution in [0, 0.1) is 0 Å². The lowest BCUT2D eigenvalue weighted by molar-refractivity contribution is 0.150. The van der Waals surface area contributed by atoms with E-state index in [1.54, 1.807) is 0 Å². The van der Waals surface area contributed by atoms with Gasteiger partial charge in [-0.1, -0.05) is 0 Å². The number of pyridine rings is 1. The molecule has 0 aliphatic carbocycles. The Kier molecular flexibility index (Phi) is 2.62. The first-order chi connectivity index (χ1) is 6.06. The normalized spacial score (nSPS) is 10.8. The van der Waals surface area contributed by atoms with Gasteiger partial charge in [0, 0.05) is 12.6 Å². The van der Waals surface area contributed by atoms with E-state index in [-0.39, 0.29) is 23.5 Å². The Labute approximate surface area is 72.6 Å². The predicted molar refractivity (Wildman–Crippen MR) is 44.3 cm³/mol. The number of alkyl halides is 2. The number of nitrogens with one attached hydrogen (secondary N) is 1. The first-order valence-electron chi connectivity index (χ1n) is 3.56. The number of halogens is 2. The predicted octanol–water partition coefficient (Wildman–Crippen LogP) is 0.353. The fourth-order valence-corrected chi connectivity index (χ4v) is 1.07. The lowest BCUT2D eigenvalue weighted by Crippen LogP contribution is -2.15. The van der Waals surface area contributed by atoms with Gasteiger partial charge in [0.25, 0.3) is 6.43 Å². The standard InChI is InChI=1S/C7H9F2N3O/c8-6(9)5-3(2-10)1-4(13)12-7(5)11/h1,6H,2,10H2,(H3,11,12,13). The molecule has 4 nitrogen and oxygen atoms in total. The first-order valence-corrected chi connectivity index (χ1v) is 3.56. The van der Waals surface area contributed by atoms with Crippen LogP contribution in [-0.4, -0.2) is 4.98 Å². The Morgan fingerprint density at radius 2 is 2.15 bits per heavy atom. The molecular weight excluding hydrogens is 180 g/mol. The SMILES string of the molecule is NCc1cc(=O)[nH]c(N)c1C(F)F. The van der Waals surface area contributed by atoms with Crippen molar-refractivity contribution in [2.75, 3.05) is 5.73 Å². The maximum Gasteiger partial charge on any atom is 0.267 e. The Hall–Kier alpha value is -1.43. The molecule has 1 aromatic heterocycles. The summed E-state index contributed by atoms with van der Waals surface area (Å²) in [6.45, 7) is -0.131. The van der Waals surface area contributed by atoms with Crippen molar-refractivity contribution in [3.8, 4) is 0 Å². The number of rotatable bonds is 2. The van der Waals surface area contributed by atoms with Gasteiger partial charge in [0.1, 0.15) is 5.82 Å². The molecule has 0 amide bonds. The summed E-state index contributed by atoms with van der Waals surface area (Å²) < 4.78 is 24.7. The zero-order chi connectivity index (χ0) is 10.0. The van der Waals surface area contributed by atoms with Crippen LogP contribution in [0.25, 0.3) is 0 Å². The molecule has 0 aromatic carbocycles. The second-order valence-electron chi connectivity index (χ2n) is 2.49. The number of H-pyrrole nitrogens is 1. The smallest absolute Gasteiger partial charge is 0.267 e. The third-order valence-electron chi connectivity index (χ3n) is 1.64. The van der Waals surface area contributed by atoms with Crippen molar-refractivity contribution in [1.29, 1.82) is 0 Å². The summed E-state index contributed by atoms with van der Waals surface area (Å²) in [7, 11) is 0. The lowest BCUT2D eigenvalue weighted by atomic mass is 10.1. The largest absolute Gasteiger partial charge is 0.385 e. The Morgan fingerprint density at radius 3 is 2.62 bits per heavy atom. The average Bonchev–Trinajstić information content (AvgIpc) is 2.01. The van der Waals surface area contributed by atoms with Gasteiger partial charge in [-0.2, -0.15) is 0 Å². The van der Waals surface area contributed by atoms with Gasteiger partial charge in [-0.15, -0.1) is 0 Å². The number of aromatic nitrogens is 1. The molecule has 0 saturated carbocycles. The molecule has 0 spiro atoms. The number of hydrogen-bond acceptors (Lipinski definition) is 3. The highest BCUT2D eigenvalue weighted by atomic mass is 19.3. The molecule has 72 valence electrons. The molecule has 1 rings (SSSR count). The summed E-state index contributed by atoms with van der Waals surface area (Å²) in [4.78, 5) is 12.9. The fourth-order valence-electron chi connectivity index (χ4n) is 1.07. The van der Waals surface area contributed by atoms with Crippen molar-refractivity contribution in [2.45, 2.75) is 13.0 Å². The lowest BCUT2D eigenvalue weighted by Gasteiger charge is -2.08. The van der Waals surface area contributed by atoms with E-state index < -0.39 is 12.0 Å². The van der Waals surface area contributed by atoms with Gasteiger partial charge in [0.2, 0.25) is 5.56 Å². The second-order valence-corrected chi connectivity index (χ2v) is 2.49. The number of aromatic amines is 1. The van der Waals surface area contributed by atoms with Crippen molar-refractivity contribution in [1.82, 2.24) is 4.98 Å². The molecule has 0 radical (unpaired) electrons. The Balaban J connectivity index is 3.38. The molecule has 0 aliphatic rings. The van der Waals surface area contributed by atoms with Crippen molar-refractivity contribution in [2.24, 2.45) is 5.73 Å². The van der Waals surface area contributed by atoms with Crippen LogP contribution in [0.1, 0.15) is 17.6 Å². The van der Waals surface area contributed by atoms with Crippen LogP contribution in [0.5, 0.6) is 0 Å². The topological polar surface area (TPSA) is 84.9 Å². The van der Waals surface area contributed by atoms with Crippen LogP contribution < -0.4 is 17.0 Å². The zero-order valence-corrected chi connectivity index (χ0v) is 6.68. The van der Waals surface area contributed by atoms with Crippen LogP contribution in [-0.2, 0) is 6.54 Å². The summed E-state index contributed by atoms with van der Waals surface area (Å²) >= 11 is 0. The molecule has 0 fully saturated rings. The van der Waals surface area contributed by atoms with Crippen LogP contribution in [0.15, 0.2) is 10.9 Å². The highest BCUT2D eigenvalue weighted by molar-refractivity contribution is 5.45. The molecule has 13 heavy (non-hydrogen) atoms. The van der Waals surface area contributed by atoms with E-state index in [1.807, 2.05) is 0 Å². The minimum absolute atomic E-state index is 0.0799. The highest BCUT2D eigenvalue weighted by Gasteiger charge is 2.16. The molecule has 0 unspecified atom stereocenters. The van der Waals surface area contributed by atoms with E-state index in [0.29, 0.717) is 0 Å². The van der Waals surface area contributed by atoms with Gasteiger partial charge in [0.15, 0.2) is 0 Å². The summed E-state index contributed by atoms with van der Waals surface area (Å²) in [5.41, 5.74) is 9.56. The monoisotopic (exact) mass is 189 g/mol. The number of nitrogen functional groups attached to an aromatic ring is 1. The number of hydrogen-bond donors (Lipinski definition) is 3. The van der Waals surface area contributed by atoms with Crippen LogP contribution in [0.3, 0.4) is 0 Å². The molecule has 0 aliphatic heterocycles. The van der Waals surface area contributed by atoms with Gasteiger partial charge < -0.3 is 16.5 Å². The summed E-state index contributed by atoms with van der Waals surface area (Å²) in [6.07, 6.45) is -2.73. The van der Waals surface area contributed by atoms with Crippen molar-refractivity contribution in [3.05, 3.63) is 27.5 Å². The molecule has 1 aromatic rings. The molecule has 0 atom stereocenters. The molecule has 5 N–H and O–H groups in total. The Morgan fingerprint density at radius 1 is 1.54 bits per heavy atom. The van der Waals surface area contributed by atoms with Crippen molar-refractivity contribution >= 4 is 5.82 Å². The quantitative estimate of drug-likeness (QED) is 0.627. The minimum atomic E-state index is -2.73. The fraction of sp³-hybridized carbons (Fsp3) is 0.286. The van der Waals surface area contributed by atoms with E-state index >= 15 is 0 Å². The Bertz CT molecular complexity index is 361. The van der Waals surface area contributed by atoms with Gasteiger partial charge in [-0.05, 0) is 5.56 Å². The number of anilines is 1. The van der Waals surface area contributed by atoms with Gasteiger partial charge in [-0.3, -0.25) is 4.79 Å². The summed E-state index contributed by atoms with van der Waals surface area (Å²) in [5.74, 6) is -0.317. The maximum absolute atomic E-state index is 12.3. The van der Waals surface area contributed by atoms with E-state index in [0.717, 1.165) is 6.07 Å². The van der Waals surface area contributed by atoms with E-state index in [9.17, 15) is 13.6 Å². The van der Waals surface area contributed by atoms with Gasteiger partial charge in [-0.25, -0.2) is 8.78 Å². The molecular formula is C7H9F2N3O. The van der Waals surface area contributed by atoms with Crippen molar-refractivity contribution in [3.63, 3.8) is 0 Å². The van der Waals surface area contributed by atoms with E-state index in [2.05, 4.69) is 4.98 Å². The van der Waals surface area contributed by atoms with Crippen LogP contribution in [0.4, 0.5) is 14.6 Å². The third-order valence-corrected chi connectivity index (χ3v) is 1.64. The maximum atomic E-state index is 12.3. The molecule has 1 heterocycles. The van der Waals surface area contributed by atoms with E-state index in [1.165, 1.54) is 0 Å². The third kappa shape index (κ3) is 1.83. The zero-order valence-electron chi connectivity index (χ0n) is 6.68. The summed E-state index contributed by atoms with van der Waals surface area (Å²) in [6, 6.07) is 1.03. The molecule has 0 saturated heterocycles. The summed E-state index contributed by atoms with van der Waals surface area (Å²) in [5, 5.41) is 0. The van der Waals surface area contributed by atoms with Crippen LogP contribution in [0.2, 0.25) is 0 Å². The van der Waals surface area contributed by atoms with Crippen molar-refractivity contribution < 1.29 is 8.78 Å². The second kappa shape index (κ2) is 3.53. The minimum Gasteiger partial charge on any atom is -0.385 e. The highest BCUT2D eigenvalue weighted by Crippen LogP contribution is 2.25. The molecule has 0 bridgehead atoms. The van der Waals surface area contributed by atoms with Crippen LogP contribution >= 0.6 is 0 Å². The average molecular weight is 189 g/mol. The van der Waals surface area contributed by atoms with Gasteiger partial charge in [0.05, 0.1) is 5.56 Å². The van der Waals surface area contributed by atoms with Gasteiger partial charge >= 0.3 is 0 Å². The molecule has 6 heteroatoms. The number of nitrogens with two attached hydrogens (primary N) is 2. The first kappa shape index (κ1) is 9.66.